The molecule has 1 amide bonds. The second kappa shape index (κ2) is 11.6. The number of esters is 1. The zero-order valence-corrected chi connectivity index (χ0v) is 22.9. The molecule has 0 radical (unpaired) electrons. The van der Waals surface area contributed by atoms with E-state index in [0.29, 0.717) is 27.6 Å². The number of methoxy groups -OCH3 is 1. The van der Waals surface area contributed by atoms with Crippen LogP contribution in [0.1, 0.15) is 26.4 Å². The van der Waals surface area contributed by atoms with Gasteiger partial charge in [0.2, 0.25) is 0 Å². The molecule has 5 rings (SSSR count). The highest BCUT2D eigenvalue weighted by Gasteiger charge is 2.19. The second-order valence-electron chi connectivity index (χ2n) is 8.43. The summed E-state index contributed by atoms with van der Waals surface area (Å²) in [6, 6.07) is 26.7. The lowest BCUT2D eigenvalue weighted by Gasteiger charge is -2.09. The van der Waals surface area contributed by atoms with Crippen molar-refractivity contribution < 1.29 is 19.1 Å². The first-order valence-corrected chi connectivity index (χ1v) is 13.0. The molecule has 1 heterocycles. The molecule has 0 fully saturated rings. The molecule has 194 valence electrons. The minimum atomic E-state index is -0.556. The molecule has 4 aromatic carbocycles. The molecule has 0 aliphatic carbocycles. The number of halogens is 2. The lowest BCUT2D eigenvalue weighted by molar-refractivity contribution is 0.0733. The zero-order chi connectivity index (χ0) is 27.4. The summed E-state index contributed by atoms with van der Waals surface area (Å²) in [6.45, 7) is 0. The number of aromatic amines is 1. The summed E-state index contributed by atoms with van der Waals surface area (Å²) in [5.41, 5.74) is 6.08. The predicted molar refractivity (Wildman–Crippen MR) is 156 cm³/mol. The highest BCUT2D eigenvalue weighted by atomic mass is 79.9. The molecule has 9 heteroatoms. The number of hydrazone groups is 1. The minimum Gasteiger partial charge on any atom is -0.497 e. The lowest BCUT2D eigenvalue weighted by Crippen LogP contribution is -2.19. The number of hydrogen-bond donors (Lipinski definition) is 2. The van der Waals surface area contributed by atoms with E-state index in [0.717, 1.165) is 26.5 Å². The van der Waals surface area contributed by atoms with E-state index in [2.05, 4.69) is 31.4 Å². The molecule has 5 aromatic rings. The van der Waals surface area contributed by atoms with Crippen LogP contribution < -0.4 is 14.9 Å². The van der Waals surface area contributed by atoms with Crippen molar-refractivity contribution in [1.82, 2.24) is 10.4 Å². The minimum absolute atomic E-state index is 0.272. The average Bonchev–Trinajstić information content (AvgIpc) is 3.33. The standard InChI is InChI=1S/C30H21BrClN3O4/c1-38-23-9-5-8-19(15-23)30(37)39-26-13-10-21(31)14-20(26)17-33-35-29(36)28-27(18-6-3-2-4-7-18)24-16-22(32)11-12-25(24)34-28/h2-17,34H,1H3,(H,35,36). The maximum Gasteiger partial charge on any atom is 0.343 e. The maximum absolute atomic E-state index is 13.3. The van der Waals surface area contributed by atoms with Crippen molar-refractivity contribution in [2.75, 3.05) is 7.11 Å². The summed E-state index contributed by atoms with van der Waals surface area (Å²) in [6.07, 6.45) is 1.42. The summed E-state index contributed by atoms with van der Waals surface area (Å²) >= 11 is 9.68. The number of nitrogens with zero attached hydrogens (tertiary/aromatic N) is 1. The normalized spacial score (nSPS) is 11.1. The van der Waals surface area contributed by atoms with E-state index in [1.54, 1.807) is 48.5 Å². The smallest absolute Gasteiger partial charge is 0.343 e. The van der Waals surface area contributed by atoms with Crippen LogP contribution in [0, 0.1) is 0 Å². The van der Waals surface area contributed by atoms with Gasteiger partial charge in [-0.25, -0.2) is 10.2 Å². The van der Waals surface area contributed by atoms with E-state index in [1.165, 1.54) is 13.3 Å². The summed E-state index contributed by atoms with van der Waals surface area (Å²) in [7, 11) is 1.52. The Kier molecular flexibility index (Phi) is 7.76. The molecule has 0 saturated carbocycles. The SMILES string of the molecule is COc1cccc(C(=O)Oc2ccc(Br)cc2C=NNC(=O)c2[nH]c3ccc(Cl)cc3c2-c2ccccc2)c1. The molecule has 0 atom stereocenters. The fourth-order valence-corrected chi connectivity index (χ4v) is 4.63. The summed E-state index contributed by atoms with van der Waals surface area (Å²) in [5, 5.41) is 5.53. The van der Waals surface area contributed by atoms with Gasteiger partial charge in [-0.05, 0) is 60.2 Å². The van der Waals surface area contributed by atoms with Crippen LogP contribution in [0.15, 0.2) is 101 Å². The van der Waals surface area contributed by atoms with Gasteiger partial charge in [0.15, 0.2) is 0 Å². The Labute approximate surface area is 237 Å². The summed E-state index contributed by atoms with van der Waals surface area (Å²) < 4.78 is 11.5. The van der Waals surface area contributed by atoms with Gasteiger partial charge >= 0.3 is 5.97 Å². The highest BCUT2D eigenvalue weighted by Crippen LogP contribution is 2.34. The number of hydrogen-bond acceptors (Lipinski definition) is 5. The molecule has 39 heavy (non-hydrogen) atoms. The Morgan fingerprint density at radius 3 is 2.59 bits per heavy atom. The largest absolute Gasteiger partial charge is 0.497 e. The van der Waals surface area contributed by atoms with Crippen LogP contribution in [0.2, 0.25) is 5.02 Å². The Hall–Kier alpha value is -4.40. The predicted octanol–water partition coefficient (Wildman–Crippen LogP) is 7.24. The molecule has 7 nitrogen and oxygen atoms in total. The van der Waals surface area contributed by atoms with Crippen molar-refractivity contribution >= 4 is 56.5 Å². The van der Waals surface area contributed by atoms with Crippen molar-refractivity contribution in [3.05, 3.63) is 117 Å². The fourth-order valence-electron chi connectivity index (χ4n) is 4.08. The van der Waals surface area contributed by atoms with Crippen LogP contribution >= 0.6 is 27.5 Å². The number of carbonyl (C=O) groups is 2. The molecule has 0 bridgehead atoms. The molecule has 0 saturated heterocycles. The second-order valence-corrected chi connectivity index (χ2v) is 9.79. The van der Waals surface area contributed by atoms with Crippen molar-refractivity contribution in [2.45, 2.75) is 0 Å². The van der Waals surface area contributed by atoms with Gasteiger partial charge in [-0.1, -0.05) is 63.9 Å². The van der Waals surface area contributed by atoms with Crippen molar-refractivity contribution in [3.63, 3.8) is 0 Å². The molecular weight excluding hydrogens is 582 g/mol. The monoisotopic (exact) mass is 601 g/mol. The number of nitrogens with one attached hydrogen (secondary N) is 2. The van der Waals surface area contributed by atoms with Crippen molar-refractivity contribution in [2.24, 2.45) is 5.10 Å². The average molecular weight is 603 g/mol. The maximum atomic E-state index is 13.3. The first-order valence-electron chi connectivity index (χ1n) is 11.8. The summed E-state index contributed by atoms with van der Waals surface area (Å²) in [5.74, 6) is -0.186. The highest BCUT2D eigenvalue weighted by molar-refractivity contribution is 9.10. The van der Waals surface area contributed by atoms with E-state index < -0.39 is 11.9 Å². The van der Waals surface area contributed by atoms with Crippen LogP contribution in [0.5, 0.6) is 11.5 Å². The molecule has 1 aromatic heterocycles. The number of fused-ring (bicyclic) bond motifs is 1. The van der Waals surface area contributed by atoms with Gasteiger partial charge in [0, 0.05) is 31.5 Å². The van der Waals surface area contributed by atoms with Gasteiger partial charge in [-0.15, -0.1) is 0 Å². The number of rotatable bonds is 7. The van der Waals surface area contributed by atoms with Crippen LogP contribution in [0.4, 0.5) is 0 Å². The van der Waals surface area contributed by atoms with Gasteiger partial charge in [0.05, 0.1) is 18.9 Å². The van der Waals surface area contributed by atoms with Gasteiger partial charge in [-0.3, -0.25) is 4.79 Å². The Bertz CT molecular complexity index is 1720. The molecule has 2 N–H and O–H groups in total. The topological polar surface area (TPSA) is 92.8 Å². The molecule has 0 aliphatic heterocycles. The number of amides is 1. The quantitative estimate of drug-likeness (QED) is 0.0889. The van der Waals surface area contributed by atoms with Crippen LogP contribution in [-0.4, -0.2) is 30.2 Å². The van der Waals surface area contributed by atoms with E-state index in [9.17, 15) is 9.59 Å². The van der Waals surface area contributed by atoms with Gasteiger partial charge < -0.3 is 14.5 Å². The van der Waals surface area contributed by atoms with Crippen molar-refractivity contribution in [1.29, 1.82) is 0 Å². The molecular formula is C30H21BrClN3O4. The number of carbonyl (C=O) groups excluding carboxylic acids is 2. The number of ether oxygens (including phenoxy) is 2. The van der Waals surface area contributed by atoms with Crippen LogP contribution in [0.25, 0.3) is 22.0 Å². The number of aromatic nitrogens is 1. The van der Waals surface area contributed by atoms with E-state index in [4.69, 9.17) is 21.1 Å². The first-order chi connectivity index (χ1) is 18.9. The first kappa shape index (κ1) is 26.2. The third kappa shape index (κ3) is 5.87. The summed E-state index contributed by atoms with van der Waals surface area (Å²) in [4.78, 5) is 29.2. The Morgan fingerprint density at radius 1 is 0.974 bits per heavy atom. The Balaban J connectivity index is 1.40. The van der Waals surface area contributed by atoms with E-state index in [1.807, 2.05) is 42.5 Å². The van der Waals surface area contributed by atoms with Crippen LogP contribution in [0.3, 0.4) is 0 Å². The third-order valence-corrected chi connectivity index (χ3v) is 6.63. The van der Waals surface area contributed by atoms with Crippen LogP contribution in [-0.2, 0) is 0 Å². The molecule has 0 unspecified atom stereocenters. The molecule has 0 spiro atoms. The number of H-pyrrole nitrogens is 1. The van der Waals surface area contributed by atoms with Crippen molar-refractivity contribution in [3.8, 4) is 22.6 Å². The fraction of sp³-hybridized carbons (Fsp3) is 0.0333. The Morgan fingerprint density at radius 2 is 1.79 bits per heavy atom. The van der Waals surface area contributed by atoms with Gasteiger partial charge in [-0.2, -0.15) is 5.10 Å². The van der Waals surface area contributed by atoms with E-state index >= 15 is 0 Å². The van der Waals surface area contributed by atoms with Gasteiger partial charge in [0.1, 0.15) is 17.2 Å². The lowest BCUT2D eigenvalue weighted by atomic mass is 10.0. The van der Waals surface area contributed by atoms with E-state index in [-0.39, 0.29) is 5.75 Å². The molecule has 0 aliphatic rings. The van der Waals surface area contributed by atoms with Gasteiger partial charge in [0.25, 0.3) is 5.91 Å². The zero-order valence-electron chi connectivity index (χ0n) is 20.6. The third-order valence-electron chi connectivity index (χ3n) is 5.90. The number of benzene rings is 4.